The van der Waals surface area contributed by atoms with Crippen molar-refractivity contribution in [2.24, 2.45) is 0 Å². The molecule has 2 aromatic carbocycles. The maximum Gasteiger partial charge on any atom is 0.265 e. The number of aromatic nitrogens is 2. The summed E-state index contributed by atoms with van der Waals surface area (Å²) in [5.74, 6) is 1.36. The van der Waals surface area contributed by atoms with Crippen LogP contribution in [0.25, 0.3) is 11.4 Å². The van der Waals surface area contributed by atoms with Crippen LogP contribution in [0.15, 0.2) is 40.9 Å². The molecule has 3 heterocycles. The Morgan fingerprint density at radius 1 is 1.06 bits per heavy atom. The molecule has 5 rings (SSSR count). The van der Waals surface area contributed by atoms with Crippen molar-refractivity contribution in [3.05, 3.63) is 53.4 Å². The molecule has 2 aliphatic heterocycles. The number of ether oxygens (including phenoxy) is 1. The summed E-state index contributed by atoms with van der Waals surface area (Å²) in [6.45, 7) is 7.29. The molecule has 1 atom stereocenters. The zero-order chi connectivity index (χ0) is 23.1. The molecule has 8 nitrogen and oxygen atoms in total. The van der Waals surface area contributed by atoms with Crippen molar-refractivity contribution in [2.45, 2.75) is 39.5 Å². The van der Waals surface area contributed by atoms with Gasteiger partial charge >= 0.3 is 0 Å². The van der Waals surface area contributed by atoms with Gasteiger partial charge in [0, 0.05) is 30.8 Å². The minimum atomic E-state index is -0.167. The number of rotatable bonds is 5. The highest BCUT2D eigenvalue weighted by molar-refractivity contribution is 5.98. The fourth-order valence-electron chi connectivity index (χ4n) is 4.34. The third-order valence-electron chi connectivity index (χ3n) is 6.33. The van der Waals surface area contributed by atoms with Crippen LogP contribution >= 0.6 is 0 Å². The lowest BCUT2D eigenvalue weighted by molar-refractivity contribution is -0.121. The predicted octanol–water partition coefficient (Wildman–Crippen LogP) is 4.01. The van der Waals surface area contributed by atoms with Gasteiger partial charge in [0.15, 0.2) is 6.61 Å². The molecule has 3 aromatic rings. The molecule has 0 aliphatic carbocycles. The molecule has 0 spiro atoms. The van der Waals surface area contributed by atoms with Crippen molar-refractivity contribution in [3.63, 3.8) is 0 Å². The van der Waals surface area contributed by atoms with Gasteiger partial charge < -0.3 is 19.1 Å². The van der Waals surface area contributed by atoms with Gasteiger partial charge in [0.25, 0.3) is 5.91 Å². The van der Waals surface area contributed by atoms with Crippen LogP contribution in [-0.4, -0.2) is 41.7 Å². The summed E-state index contributed by atoms with van der Waals surface area (Å²) in [6, 6.07) is 11.6. The first-order valence-corrected chi connectivity index (χ1v) is 11.2. The molecule has 0 saturated carbocycles. The van der Waals surface area contributed by atoms with E-state index in [1.807, 2.05) is 50.2 Å². The summed E-state index contributed by atoms with van der Waals surface area (Å²) in [4.78, 5) is 33.1. The van der Waals surface area contributed by atoms with E-state index in [1.54, 1.807) is 9.80 Å². The van der Waals surface area contributed by atoms with Gasteiger partial charge in [0.1, 0.15) is 5.75 Å². The van der Waals surface area contributed by atoms with Gasteiger partial charge in [-0.3, -0.25) is 9.59 Å². The summed E-state index contributed by atoms with van der Waals surface area (Å²) in [7, 11) is 0. The standard InChI is InChI=1S/C25H26N4O4/c1-4-9-28-20-11-17(6-8-21(20)32-14-23(28)31)24-26-25(33-27-24)18-12-22(30)29(13-18)19-7-5-15(2)16(3)10-19/h5-8,10-11,18H,4,9,12-14H2,1-3H3/t18-/m1/s1. The molecular formula is C25H26N4O4. The first kappa shape index (κ1) is 21.2. The largest absolute Gasteiger partial charge is 0.482 e. The summed E-state index contributed by atoms with van der Waals surface area (Å²) in [6.07, 6.45) is 1.17. The number of hydrogen-bond acceptors (Lipinski definition) is 6. The number of anilines is 2. The molecule has 1 aromatic heterocycles. The van der Waals surface area contributed by atoms with E-state index in [9.17, 15) is 9.59 Å². The Bertz CT molecular complexity index is 1230. The van der Waals surface area contributed by atoms with E-state index in [0.717, 1.165) is 23.2 Å². The molecule has 1 saturated heterocycles. The molecule has 33 heavy (non-hydrogen) atoms. The van der Waals surface area contributed by atoms with Crippen LogP contribution in [0.1, 0.15) is 42.7 Å². The van der Waals surface area contributed by atoms with E-state index in [2.05, 4.69) is 17.1 Å². The van der Waals surface area contributed by atoms with Gasteiger partial charge in [-0.2, -0.15) is 4.98 Å². The van der Waals surface area contributed by atoms with Crippen LogP contribution in [0.3, 0.4) is 0 Å². The van der Waals surface area contributed by atoms with Crippen molar-refractivity contribution in [2.75, 3.05) is 29.5 Å². The van der Waals surface area contributed by atoms with E-state index < -0.39 is 0 Å². The monoisotopic (exact) mass is 446 g/mol. The highest BCUT2D eigenvalue weighted by atomic mass is 16.5. The van der Waals surface area contributed by atoms with Gasteiger partial charge in [0.2, 0.25) is 17.6 Å². The summed E-state index contributed by atoms with van der Waals surface area (Å²) >= 11 is 0. The average molecular weight is 447 g/mol. The highest BCUT2D eigenvalue weighted by Crippen LogP contribution is 2.37. The third kappa shape index (κ3) is 3.86. The maximum atomic E-state index is 12.7. The Morgan fingerprint density at radius 3 is 2.70 bits per heavy atom. The number of carbonyl (C=O) groups excluding carboxylic acids is 2. The second-order valence-corrected chi connectivity index (χ2v) is 8.65. The SMILES string of the molecule is CCCN1C(=O)COc2ccc(-c3noc([C@@H]4CC(=O)N(c5ccc(C)c(C)c5)C4)n3)cc21. The Labute approximate surface area is 192 Å². The van der Waals surface area contributed by atoms with Crippen LogP contribution in [0.4, 0.5) is 11.4 Å². The minimum absolute atomic E-state index is 0.0441. The van der Waals surface area contributed by atoms with E-state index in [0.29, 0.717) is 42.7 Å². The molecule has 1 fully saturated rings. The van der Waals surface area contributed by atoms with Gasteiger partial charge in [-0.15, -0.1) is 0 Å². The molecule has 0 unspecified atom stereocenters. The van der Waals surface area contributed by atoms with E-state index in [1.165, 1.54) is 5.56 Å². The van der Waals surface area contributed by atoms with Gasteiger partial charge in [0.05, 0.1) is 11.6 Å². The summed E-state index contributed by atoms with van der Waals surface area (Å²) in [5.41, 5.74) is 4.68. The molecule has 0 N–H and O–H groups in total. The number of hydrogen-bond donors (Lipinski definition) is 0. The van der Waals surface area contributed by atoms with Gasteiger partial charge in [-0.25, -0.2) is 0 Å². The number of fused-ring (bicyclic) bond motifs is 1. The van der Waals surface area contributed by atoms with E-state index >= 15 is 0 Å². The minimum Gasteiger partial charge on any atom is -0.482 e. The Morgan fingerprint density at radius 2 is 1.91 bits per heavy atom. The molecule has 0 bridgehead atoms. The Kier molecular flexibility index (Phi) is 5.36. The first-order chi connectivity index (χ1) is 15.9. The highest BCUT2D eigenvalue weighted by Gasteiger charge is 2.35. The molecule has 170 valence electrons. The Hall–Kier alpha value is -3.68. The Balaban J connectivity index is 1.38. The zero-order valence-electron chi connectivity index (χ0n) is 19.0. The van der Waals surface area contributed by atoms with Crippen molar-refractivity contribution < 1.29 is 18.8 Å². The average Bonchev–Trinajstić information content (AvgIpc) is 3.44. The van der Waals surface area contributed by atoms with Gasteiger partial charge in [-0.05, 0) is 61.7 Å². The third-order valence-corrected chi connectivity index (χ3v) is 6.33. The summed E-state index contributed by atoms with van der Waals surface area (Å²) < 4.78 is 11.1. The van der Waals surface area contributed by atoms with Crippen molar-refractivity contribution >= 4 is 23.2 Å². The van der Waals surface area contributed by atoms with Crippen molar-refractivity contribution in [3.8, 4) is 17.1 Å². The number of carbonyl (C=O) groups is 2. The fraction of sp³-hybridized carbons (Fsp3) is 0.360. The van der Waals surface area contributed by atoms with Crippen LogP contribution in [0.5, 0.6) is 5.75 Å². The quantitative estimate of drug-likeness (QED) is 0.588. The lowest BCUT2D eigenvalue weighted by Crippen LogP contribution is -2.39. The van der Waals surface area contributed by atoms with E-state index in [4.69, 9.17) is 9.26 Å². The predicted molar refractivity (Wildman–Crippen MR) is 124 cm³/mol. The smallest absolute Gasteiger partial charge is 0.265 e. The molecule has 8 heteroatoms. The second kappa shape index (κ2) is 8.35. The zero-order valence-corrected chi connectivity index (χ0v) is 19.0. The van der Waals surface area contributed by atoms with Crippen molar-refractivity contribution in [1.29, 1.82) is 0 Å². The van der Waals surface area contributed by atoms with Crippen LogP contribution in [-0.2, 0) is 9.59 Å². The molecule has 0 radical (unpaired) electrons. The van der Waals surface area contributed by atoms with Crippen LogP contribution in [0.2, 0.25) is 0 Å². The number of amides is 2. The second-order valence-electron chi connectivity index (χ2n) is 8.65. The number of aryl methyl sites for hydroxylation is 2. The lowest BCUT2D eigenvalue weighted by Gasteiger charge is -2.29. The molecule has 2 amide bonds. The van der Waals surface area contributed by atoms with Gasteiger partial charge in [-0.1, -0.05) is 18.1 Å². The topological polar surface area (TPSA) is 88.8 Å². The van der Waals surface area contributed by atoms with Crippen LogP contribution < -0.4 is 14.5 Å². The molecular weight excluding hydrogens is 420 g/mol. The lowest BCUT2D eigenvalue weighted by atomic mass is 10.1. The van der Waals surface area contributed by atoms with Crippen LogP contribution in [0, 0.1) is 13.8 Å². The maximum absolute atomic E-state index is 12.7. The number of nitrogens with zero attached hydrogens (tertiary/aromatic N) is 4. The fourth-order valence-corrected chi connectivity index (χ4v) is 4.34. The normalized spacial score (nSPS) is 18.0. The molecule has 2 aliphatic rings. The van der Waals surface area contributed by atoms with Crippen molar-refractivity contribution in [1.82, 2.24) is 10.1 Å². The number of benzene rings is 2. The first-order valence-electron chi connectivity index (χ1n) is 11.2. The van der Waals surface area contributed by atoms with E-state index in [-0.39, 0.29) is 24.3 Å². The summed E-state index contributed by atoms with van der Waals surface area (Å²) in [5, 5.41) is 4.16.